The first-order valence-electron chi connectivity index (χ1n) is 4.66. The van der Waals surface area contributed by atoms with E-state index in [0.717, 1.165) is 18.7 Å². The summed E-state index contributed by atoms with van der Waals surface area (Å²) in [5.41, 5.74) is 0. The molecule has 0 spiro atoms. The van der Waals surface area contributed by atoms with Crippen LogP contribution >= 0.6 is 0 Å². The molecule has 1 aromatic heterocycles. The molecule has 0 bridgehead atoms. The summed E-state index contributed by atoms with van der Waals surface area (Å²) in [7, 11) is 0. The highest BCUT2D eigenvalue weighted by Gasteiger charge is 2.01. The summed E-state index contributed by atoms with van der Waals surface area (Å²) in [6.07, 6.45) is 3.30. The fourth-order valence-electron chi connectivity index (χ4n) is 1.12. The zero-order valence-electron chi connectivity index (χ0n) is 7.90. The molecule has 0 radical (unpaired) electrons. The van der Waals surface area contributed by atoms with Crippen molar-refractivity contribution in [3.63, 3.8) is 0 Å². The lowest BCUT2D eigenvalue weighted by atomic mass is 10.2. The topological polar surface area (TPSA) is 45.1 Å². The van der Waals surface area contributed by atoms with E-state index in [4.69, 9.17) is 0 Å². The van der Waals surface area contributed by atoms with Gasteiger partial charge in [0.2, 0.25) is 0 Å². The first-order chi connectivity index (χ1) is 6.33. The predicted octanol–water partition coefficient (Wildman–Crippen LogP) is 1.65. The lowest BCUT2D eigenvalue weighted by molar-refractivity contribution is 0.176. The molecule has 0 fully saturated rings. The zero-order chi connectivity index (χ0) is 9.52. The molecule has 0 amide bonds. The monoisotopic (exact) mass is 180 g/mol. The van der Waals surface area contributed by atoms with E-state index in [2.05, 4.69) is 17.2 Å². The Hall–Kier alpha value is -1.09. The average Bonchev–Trinajstić information content (AvgIpc) is 2.17. The summed E-state index contributed by atoms with van der Waals surface area (Å²) in [6.45, 7) is 2.63. The summed E-state index contributed by atoms with van der Waals surface area (Å²) >= 11 is 0. The minimum atomic E-state index is -0.271. The third-order valence-electron chi connectivity index (χ3n) is 1.81. The van der Waals surface area contributed by atoms with Crippen LogP contribution in [-0.4, -0.2) is 22.7 Å². The van der Waals surface area contributed by atoms with Crippen LogP contribution in [0, 0.1) is 0 Å². The van der Waals surface area contributed by atoms with Crippen LogP contribution in [0.15, 0.2) is 24.4 Å². The van der Waals surface area contributed by atoms with Crippen molar-refractivity contribution in [1.29, 1.82) is 0 Å². The van der Waals surface area contributed by atoms with E-state index in [1.165, 1.54) is 0 Å². The molecular formula is C10H16N2O. The fraction of sp³-hybridized carbons (Fsp3) is 0.500. The van der Waals surface area contributed by atoms with E-state index in [9.17, 15) is 5.11 Å². The van der Waals surface area contributed by atoms with E-state index in [0.29, 0.717) is 6.54 Å². The standard InChI is InChI=1S/C10H16N2O/c1-2-5-9(13)8-12-10-6-3-4-7-11-10/h3-4,6-7,9,13H,2,5,8H2,1H3,(H,11,12). The van der Waals surface area contributed by atoms with Crippen LogP contribution in [0.25, 0.3) is 0 Å². The zero-order valence-corrected chi connectivity index (χ0v) is 7.90. The Bertz CT molecular complexity index is 226. The number of pyridine rings is 1. The maximum Gasteiger partial charge on any atom is 0.125 e. The number of nitrogens with one attached hydrogen (secondary N) is 1. The molecular weight excluding hydrogens is 164 g/mol. The SMILES string of the molecule is CCCC(O)CNc1ccccn1. The highest BCUT2D eigenvalue weighted by molar-refractivity contribution is 5.32. The van der Waals surface area contributed by atoms with Gasteiger partial charge in [0, 0.05) is 12.7 Å². The highest BCUT2D eigenvalue weighted by Crippen LogP contribution is 2.01. The number of aliphatic hydroxyl groups is 1. The Morgan fingerprint density at radius 1 is 1.54 bits per heavy atom. The Morgan fingerprint density at radius 2 is 2.38 bits per heavy atom. The predicted molar refractivity (Wildman–Crippen MR) is 53.6 cm³/mol. The van der Waals surface area contributed by atoms with Crippen molar-refractivity contribution in [2.45, 2.75) is 25.9 Å². The number of anilines is 1. The van der Waals surface area contributed by atoms with Crippen molar-refractivity contribution in [3.8, 4) is 0 Å². The summed E-state index contributed by atoms with van der Waals surface area (Å²) in [5.74, 6) is 0.817. The lowest BCUT2D eigenvalue weighted by Crippen LogP contribution is -2.19. The van der Waals surface area contributed by atoms with Gasteiger partial charge in [0.15, 0.2) is 0 Å². The Balaban J connectivity index is 2.27. The largest absolute Gasteiger partial charge is 0.391 e. The maximum atomic E-state index is 9.42. The van der Waals surface area contributed by atoms with Gasteiger partial charge >= 0.3 is 0 Å². The quantitative estimate of drug-likeness (QED) is 0.724. The fourth-order valence-corrected chi connectivity index (χ4v) is 1.12. The summed E-state index contributed by atoms with van der Waals surface area (Å²) < 4.78 is 0. The van der Waals surface area contributed by atoms with E-state index >= 15 is 0 Å². The van der Waals surface area contributed by atoms with Gasteiger partial charge < -0.3 is 10.4 Å². The van der Waals surface area contributed by atoms with E-state index in [1.807, 2.05) is 18.2 Å². The molecule has 0 saturated heterocycles. The van der Waals surface area contributed by atoms with Crippen molar-refractivity contribution in [2.75, 3.05) is 11.9 Å². The Labute approximate surface area is 78.8 Å². The van der Waals surface area contributed by atoms with Crippen molar-refractivity contribution in [2.24, 2.45) is 0 Å². The number of hydrogen-bond acceptors (Lipinski definition) is 3. The van der Waals surface area contributed by atoms with Gasteiger partial charge in [-0.2, -0.15) is 0 Å². The number of aromatic nitrogens is 1. The second-order valence-corrected chi connectivity index (χ2v) is 3.04. The van der Waals surface area contributed by atoms with Gasteiger partial charge in [-0.1, -0.05) is 19.4 Å². The van der Waals surface area contributed by atoms with Crippen molar-refractivity contribution in [1.82, 2.24) is 4.98 Å². The van der Waals surface area contributed by atoms with E-state index in [-0.39, 0.29) is 6.10 Å². The van der Waals surface area contributed by atoms with Crippen LogP contribution in [0.3, 0.4) is 0 Å². The van der Waals surface area contributed by atoms with Crippen LogP contribution < -0.4 is 5.32 Å². The average molecular weight is 180 g/mol. The van der Waals surface area contributed by atoms with Gasteiger partial charge in [0.1, 0.15) is 5.82 Å². The van der Waals surface area contributed by atoms with Crippen molar-refractivity contribution >= 4 is 5.82 Å². The molecule has 0 aromatic carbocycles. The number of hydrogen-bond donors (Lipinski definition) is 2. The molecule has 3 heteroatoms. The highest BCUT2D eigenvalue weighted by atomic mass is 16.3. The molecule has 1 atom stereocenters. The molecule has 13 heavy (non-hydrogen) atoms. The number of nitrogens with zero attached hydrogens (tertiary/aromatic N) is 1. The molecule has 0 aliphatic rings. The molecule has 1 aromatic rings. The smallest absolute Gasteiger partial charge is 0.125 e. The minimum Gasteiger partial charge on any atom is -0.391 e. The first kappa shape index (κ1) is 9.99. The minimum absolute atomic E-state index is 0.271. The van der Waals surface area contributed by atoms with Crippen molar-refractivity contribution in [3.05, 3.63) is 24.4 Å². The molecule has 0 aliphatic carbocycles. The third-order valence-corrected chi connectivity index (χ3v) is 1.81. The van der Waals surface area contributed by atoms with Gasteiger partial charge in [-0.3, -0.25) is 0 Å². The van der Waals surface area contributed by atoms with Crippen LogP contribution in [0.5, 0.6) is 0 Å². The molecule has 1 rings (SSSR count). The third kappa shape index (κ3) is 3.90. The Kier molecular flexibility index (Phi) is 4.26. The molecule has 1 unspecified atom stereocenters. The van der Waals surface area contributed by atoms with Crippen LogP contribution in [0.4, 0.5) is 5.82 Å². The van der Waals surface area contributed by atoms with Gasteiger partial charge in [-0.15, -0.1) is 0 Å². The number of rotatable bonds is 5. The van der Waals surface area contributed by atoms with Crippen LogP contribution in [0.1, 0.15) is 19.8 Å². The molecule has 0 aliphatic heterocycles. The molecule has 72 valence electrons. The maximum absolute atomic E-state index is 9.42. The van der Waals surface area contributed by atoms with E-state index in [1.54, 1.807) is 6.20 Å². The summed E-state index contributed by atoms with van der Waals surface area (Å²) in [4.78, 5) is 4.09. The van der Waals surface area contributed by atoms with Gasteiger partial charge in [-0.05, 0) is 18.6 Å². The second-order valence-electron chi connectivity index (χ2n) is 3.04. The molecule has 2 N–H and O–H groups in total. The van der Waals surface area contributed by atoms with Gasteiger partial charge in [0.05, 0.1) is 6.10 Å². The first-order valence-corrected chi connectivity index (χ1v) is 4.66. The summed E-state index contributed by atoms with van der Waals surface area (Å²) in [5, 5.41) is 12.5. The lowest BCUT2D eigenvalue weighted by Gasteiger charge is -2.10. The Morgan fingerprint density at radius 3 is 3.00 bits per heavy atom. The van der Waals surface area contributed by atoms with E-state index < -0.39 is 0 Å². The molecule has 0 saturated carbocycles. The van der Waals surface area contributed by atoms with Crippen LogP contribution in [0.2, 0.25) is 0 Å². The normalized spacial score (nSPS) is 12.5. The van der Waals surface area contributed by atoms with Crippen molar-refractivity contribution < 1.29 is 5.11 Å². The van der Waals surface area contributed by atoms with Gasteiger partial charge in [0.25, 0.3) is 0 Å². The van der Waals surface area contributed by atoms with Crippen LogP contribution in [-0.2, 0) is 0 Å². The summed E-state index contributed by atoms with van der Waals surface area (Å²) in [6, 6.07) is 5.67. The molecule has 3 nitrogen and oxygen atoms in total. The molecule has 1 heterocycles. The second kappa shape index (κ2) is 5.54. The van der Waals surface area contributed by atoms with Gasteiger partial charge in [-0.25, -0.2) is 4.98 Å². The number of aliphatic hydroxyl groups excluding tert-OH is 1.